The van der Waals surface area contributed by atoms with E-state index in [0.29, 0.717) is 28.3 Å². The van der Waals surface area contributed by atoms with Crippen molar-refractivity contribution >= 4 is 28.8 Å². The van der Waals surface area contributed by atoms with Crippen LogP contribution < -0.4 is 26.2 Å². The lowest BCUT2D eigenvalue weighted by molar-refractivity contribution is 0.0702. The quantitative estimate of drug-likeness (QED) is 0.126. The number of thiophene rings is 1. The number of nitrogen functional groups attached to an aromatic ring is 1. The van der Waals surface area contributed by atoms with Crippen molar-refractivity contribution in [1.82, 2.24) is 14.8 Å². The summed E-state index contributed by atoms with van der Waals surface area (Å²) in [4.78, 5) is 27.1. The molecule has 4 aromatic rings. The van der Waals surface area contributed by atoms with Gasteiger partial charge in [-0.2, -0.15) is 4.68 Å². The number of methoxy groups -OCH3 is 1. The lowest BCUT2D eigenvalue weighted by Crippen LogP contribution is -2.17. The lowest BCUT2D eigenvalue weighted by Gasteiger charge is -2.20. The third-order valence-electron chi connectivity index (χ3n) is 5.35. The van der Waals surface area contributed by atoms with Gasteiger partial charge in [-0.25, -0.2) is 9.59 Å². The SMILES string of the molecule is COc1cc(C(Nc2ccc(C(=N)N)cc2)c2nn(-c3ccsc3C(=O)O)c(=O)[nH]2)ccc1OCCO. The normalized spacial score (nSPS) is 11.6. The number of anilines is 1. The number of hydrogen-bond acceptors (Lipinski definition) is 9. The monoisotopic (exact) mass is 524 g/mol. The molecule has 0 spiro atoms. The van der Waals surface area contributed by atoms with Crippen molar-refractivity contribution in [3.8, 4) is 17.2 Å². The fraction of sp³-hybridized carbons (Fsp3) is 0.167. The molecule has 0 amide bonds. The standard InChI is InChI=1S/C24H24N6O6S/c1-35-18-12-14(4-7-17(18)36-10-9-31)19(27-15-5-2-13(3-6-15)21(25)26)22-28-24(34)30(29-22)16-8-11-37-20(16)23(32)33/h2-8,11-12,19,27,31H,9-10H2,1H3,(H3,25,26)(H,32,33)(H,28,29,34). The van der Waals surface area contributed by atoms with Crippen LogP contribution in [0.4, 0.5) is 5.69 Å². The first kappa shape index (κ1) is 25.5. The lowest BCUT2D eigenvalue weighted by atomic mass is 10.0. The second kappa shape index (κ2) is 11.0. The van der Waals surface area contributed by atoms with Gasteiger partial charge in [-0.05, 0) is 53.4 Å². The van der Waals surface area contributed by atoms with Crippen LogP contribution in [0.5, 0.6) is 11.5 Å². The van der Waals surface area contributed by atoms with Crippen LogP contribution in [0.2, 0.25) is 0 Å². The second-order valence-corrected chi connectivity index (χ2v) is 8.63. The third kappa shape index (κ3) is 5.47. The number of rotatable bonds is 11. The van der Waals surface area contributed by atoms with E-state index in [1.807, 2.05) is 0 Å². The van der Waals surface area contributed by atoms with E-state index in [1.165, 1.54) is 13.2 Å². The molecule has 0 bridgehead atoms. The van der Waals surface area contributed by atoms with Crippen molar-refractivity contribution in [2.45, 2.75) is 6.04 Å². The average Bonchev–Trinajstić information content (AvgIpc) is 3.53. The van der Waals surface area contributed by atoms with Gasteiger partial charge in [-0.15, -0.1) is 16.4 Å². The molecule has 4 rings (SSSR count). The van der Waals surface area contributed by atoms with E-state index < -0.39 is 17.7 Å². The molecule has 2 heterocycles. The smallest absolute Gasteiger partial charge is 0.348 e. The molecule has 1 atom stereocenters. The Labute approximate surface area is 214 Å². The largest absolute Gasteiger partial charge is 0.493 e. The number of hydrogen-bond donors (Lipinski definition) is 6. The highest BCUT2D eigenvalue weighted by Gasteiger charge is 2.24. The van der Waals surface area contributed by atoms with E-state index in [1.54, 1.807) is 47.8 Å². The van der Waals surface area contributed by atoms with Gasteiger partial charge in [0.15, 0.2) is 17.3 Å². The topological polar surface area (TPSA) is 189 Å². The van der Waals surface area contributed by atoms with Gasteiger partial charge in [-0.3, -0.25) is 10.4 Å². The van der Waals surface area contributed by atoms with Crippen molar-refractivity contribution in [1.29, 1.82) is 5.41 Å². The average molecular weight is 525 g/mol. The maximum atomic E-state index is 12.8. The molecule has 192 valence electrons. The molecule has 7 N–H and O–H groups in total. The fourth-order valence-electron chi connectivity index (χ4n) is 3.62. The molecule has 2 aromatic carbocycles. The number of aromatic carboxylic acids is 1. The molecule has 0 saturated heterocycles. The Morgan fingerprint density at radius 2 is 2.00 bits per heavy atom. The summed E-state index contributed by atoms with van der Waals surface area (Å²) < 4.78 is 12.0. The zero-order valence-electron chi connectivity index (χ0n) is 19.6. The molecule has 12 nitrogen and oxygen atoms in total. The minimum absolute atomic E-state index is 0.0171. The van der Waals surface area contributed by atoms with Crippen molar-refractivity contribution in [2.24, 2.45) is 5.73 Å². The van der Waals surface area contributed by atoms with Gasteiger partial charge in [-0.1, -0.05) is 6.07 Å². The Balaban J connectivity index is 1.78. The first-order chi connectivity index (χ1) is 17.8. The molecule has 13 heteroatoms. The highest BCUT2D eigenvalue weighted by atomic mass is 32.1. The molecule has 0 radical (unpaired) electrons. The zero-order chi connectivity index (χ0) is 26.5. The van der Waals surface area contributed by atoms with E-state index in [9.17, 15) is 14.7 Å². The number of aromatic amines is 1. The zero-order valence-corrected chi connectivity index (χ0v) is 20.4. The summed E-state index contributed by atoms with van der Waals surface area (Å²) >= 11 is 0.990. The molecule has 0 aliphatic carbocycles. The molecule has 0 saturated carbocycles. The number of benzene rings is 2. The Morgan fingerprint density at radius 3 is 2.65 bits per heavy atom. The van der Waals surface area contributed by atoms with Crippen LogP contribution in [0.1, 0.15) is 32.7 Å². The number of H-pyrrole nitrogens is 1. The van der Waals surface area contributed by atoms with Crippen LogP contribution in [-0.4, -0.2) is 57.1 Å². The van der Waals surface area contributed by atoms with Crippen LogP contribution in [0.15, 0.2) is 58.7 Å². The number of nitrogens with zero attached hydrogens (tertiary/aromatic N) is 2. The minimum Gasteiger partial charge on any atom is -0.493 e. The fourth-order valence-corrected chi connectivity index (χ4v) is 4.33. The van der Waals surface area contributed by atoms with Gasteiger partial charge in [0.2, 0.25) is 0 Å². The number of nitrogens with two attached hydrogens (primary N) is 1. The summed E-state index contributed by atoms with van der Waals surface area (Å²) in [5.41, 5.74) is 6.94. The van der Waals surface area contributed by atoms with Gasteiger partial charge in [0.25, 0.3) is 0 Å². The number of aliphatic hydroxyl groups excluding tert-OH is 1. The third-order valence-corrected chi connectivity index (χ3v) is 6.24. The van der Waals surface area contributed by atoms with Crippen molar-refractivity contribution in [3.63, 3.8) is 0 Å². The van der Waals surface area contributed by atoms with Gasteiger partial charge in [0.05, 0.1) is 19.4 Å². The molecule has 0 aliphatic rings. The summed E-state index contributed by atoms with van der Waals surface area (Å²) in [6.07, 6.45) is 0. The van der Waals surface area contributed by atoms with Gasteiger partial charge >= 0.3 is 11.7 Å². The number of carbonyl (C=O) groups is 1. The number of carboxylic acids is 1. The van der Waals surface area contributed by atoms with Crippen molar-refractivity contribution in [2.75, 3.05) is 25.6 Å². The van der Waals surface area contributed by atoms with E-state index in [0.717, 1.165) is 16.0 Å². The number of aromatic nitrogens is 3. The summed E-state index contributed by atoms with van der Waals surface area (Å²) in [7, 11) is 1.48. The van der Waals surface area contributed by atoms with Gasteiger partial charge in [0, 0.05) is 11.3 Å². The number of amidine groups is 1. The van der Waals surface area contributed by atoms with Crippen LogP contribution in [0.3, 0.4) is 0 Å². The summed E-state index contributed by atoms with van der Waals surface area (Å²) in [5, 5.41) is 35.5. The van der Waals surface area contributed by atoms with Crippen LogP contribution in [-0.2, 0) is 0 Å². The van der Waals surface area contributed by atoms with Gasteiger partial charge < -0.3 is 30.7 Å². The maximum absolute atomic E-state index is 12.8. The summed E-state index contributed by atoms with van der Waals surface area (Å²) in [6.45, 7) is -0.0743. The predicted octanol–water partition coefficient (Wildman–Crippen LogP) is 2.19. The van der Waals surface area contributed by atoms with E-state index in [-0.39, 0.29) is 35.4 Å². The van der Waals surface area contributed by atoms with Crippen LogP contribution in [0, 0.1) is 5.41 Å². The molecular formula is C24H24N6O6S. The number of carboxylic acid groups (broad SMARTS) is 1. The predicted molar refractivity (Wildman–Crippen MR) is 138 cm³/mol. The Morgan fingerprint density at radius 1 is 1.24 bits per heavy atom. The molecule has 1 unspecified atom stereocenters. The number of ether oxygens (including phenoxy) is 2. The van der Waals surface area contributed by atoms with Crippen molar-refractivity contribution < 1.29 is 24.5 Å². The number of aliphatic hydroxyl groups is 1. The summed E-state index contributed by atoms with van der Waals surface area (Å²) in [6, 6.07) is 12.8. The molecule has 37 heavy (non-hydrogen) atoms. The van der Waals surface area contributed by atoms with Gasteiger partial charge in [0.1, 0.15) is 23.4 Å². The van der Waals surface area contributed by atoms with Crippen LogP contribution in [0.25, 0.3) is 5.69 Å². The maximum Gasteiger partial charge on any atom is 0.348 e. The molecule has 0 fully saturated rings. The molecule has 2 aromatic heterocycles. The highest BCUT2D eigenvalue weighted by molar-refractivity contribution is 7.12. The first-order valence-corrected chi connectivity index (χ1v) is 11.8. The van der Waals surface area contributed by atoms with E-state index in [2.05, 4.69) is 15.4 Å². The van der Waals surface area contributed by atoms with E-state index >= 15 is 0 Å². The molecular weight excluding hydrogens is 500 g/mol. The Hall–Kier alpha value is -4.62. The molecule has 0 aliphatic heterocycles. The minimum atomic E-state index is -1.16. The van der Waals surface area contributed by atoms with Crippen LogP contribution >= 0.6 is 11.3 Å². The first-order valence-electron chi connectivity index (χ1n) is 11.0. The second-order valence-electron chi connectivity index (χ2n) is 7.72. The number of nitrogens with one attached hydrogen (secondary N) is 3. The summed E-state index contributed by atoms with van der Waals surface area (Å²) in [5.74, 6) is -0.191. The highest BCUT2D eigenvalue weighted by Crippen LogP contribution is 2.33. The Bertz CT molecular complexity index is 1480. The van der Waals surface area contributed by atoms with Crippen molar-refractivity contribution in [3.05, 3.63) is 86.2 Å². The van der Waals surface area contributed by atoms with E-state index in [4.69, 9.17) is 25.7 Å². The Kier molecular flexibility index (Phi) is 7.55.